The van der Waals surface area contributed by atoms with Gasteiger partial charge in [0.2, 0.25) is 5.95 Å². The normalized spacial score (nSPS) is 12.1. The topological polar surface area (TPSA) is 70.5 Å². The van der Waals surface area contributed by atoms with Crippen LogP contribution in [0.4, 0.5) is 11.6 Å². The first kappa shape index (κ1) is 22.6. The van der Waals surface area contributed by atoms with Crippen LogP contribution in [0.1, 0.15) is 0 Å². The van der Waals surface area contributed by atoms with Gasteiger partial charge in [-0.25, -0.2) is 9.97 Å². The smallest absolute Gasteiger partial charge is 0.227 e. The summed E-state index contributed by atoms with van der Waals surface area (Å²) in [4.78, 5) is 10.6. The van der Waals surface area contributed by atoms with Crippen LogP contribution < -0.4 is 10.1 Å². The van der Waals surface area contributed by atoms with Gasteiger partial charge in [-0.1, -0.05) is 40.9 Å². The lowest BCUT2D eigenvalue weighted by atomic mass is 10.1. The largest absolute Gasteiger partial charge is 0.491 e. The number of nitrogens with one attached hydrogen (secondary N) is 1. The molecule has 0 aliphatic carbocycles. The Hall–Kier alpha value is -2.09. The van der Waals surface area contributed by atoms with Crippen molar-refractivity contribution in [1.29, 1.82) is 0 Å². The van der Waals surface area contributed by atoms with E-state index in [0.29, 0.717) is 39.0 Å². The second-order valence-corrected chi connectivity index (χ2v) is 8.12. The lowest BCUT2D eigenvalue weighted by molar-refractivity contribution is 0.0831. The molecule has 0 bridgehead atoms. The number of rotatable bonds is 8. The highest BCUT2D eigenvalue weighted by Crippen LogP contribution is 2.32. The van der Waals surface area contributed by atoms with E-state index >= 15 is 0 Å². The molecule has 0 aliphatic heterocycles. The Morgan fingerprint density at radius 3 is 2.43 bits per heavy atom. The van der Waals surface area contributed by atoms with E-state index in [2.05, 4.69) is 15.3 Å². The number of nitrogens with zero attached hydrogens (tertiary/aromatic N) is 3. The van der Waals surface area contributed by atoms with Crippen molar-refractivity contribution >= 4 is 46.4 Å². The van der Waals surface area contributed by atoms with E-state index in [1.54, 1.807) is 30.3 Å². The molecule has 0 amide bonds. The molecule has 1 atom stereocenters. The fourth-order valence-corrected chi connectivity index (χ4v) is 3.20. The fourth-order valence-electron chi connectivity index (χ4n) is 2.70. The molecule has 6 nitrogen and oxygen atoms in total. The van der Waals surface area contributed by atoms with Gasteiger partial charge in [0.25, 0.3) is 0 Å². The Bertz CT molecular complexity index is 1000. The van der Waals surface area contributed by atoms with Gasteiger partial charge in [-0.05, 0) is 50.5 Å². The van der Waals surface area contributed by atoms with Crippen molar-refractivity contribution in [2.24, 2.45) is 0 Å². The van der Waals surface area contributed by atoms with Crippen LogP contribution in [-0.4, -0.2) is 53.3 Å². The Balaban J connectivity index is 1.68. The van der Waals surface area contributed by atoms with Crippen LogP contribution in [0.2, 0.25) is 15.1 Å². The summed E-state index contributed by atoms with van der Waals surface area (Å²) in [6.45, 7) is 0.757. The molecule has 0 saturated heterocycles. The molecular weight excluding hydrogens is 447 g/mol. The van der Waals surface area contributed by atoms with Crippen LogP contribution in [0.15, 0.2) is 48.7 Å². The van der Waals surface area contributed by atoms with E-state index in [9.17, 15) is 5.11 Å². The minimum absolute atomic E-state index is 0.220. The summed E-state index contributed by atoms with van der Waals surface area (Å²) >= 11 is 18.4. The molecular formula is C21H21Cl3N4O2. The summed E-state index contributed by atoms with van der Waals surface area (Å²) in [7, 11) is 3.80. The van der Waals surface area contributed by atoms with Crippen molar-refractivity contribution in [2.45, 2.75) is 6.10 Å². The second-order valence-electron chi connectivity index (χ2n) is 6.90. The number of likely N-dealkylation sites (N-methyl/N-ethyl adjacent to an activating group) is 1. The van der Waals surface area contributed by atoms with E-state index in [1.807, 2.05) is 31.1 Å². The summed E-state index contributed by atoms with van der Waals surface area (Å²) in [6, 6.07) is 12.5. The van der Waals surface area contributed by atoms with Crippen LogP contribution >= 0.6 is 34.8 Å². The summed E-state index contributed by atoms with van der Waals surface area (Å²) in [5, 5.41) is 14.3. The Morgan fingerprint density at radius 2 is 1.77 bits per heavy atom. The molecule has 1 heterocycles. The fraction of sp³-hybridized carbons (Fsp3) is 0.238. The van der Waals surface area contributed by atoms with Crippen molar-refractivity contribution in [1.82, 2.24) is 14.9 Å². The first-order valence-electron chi connectivity index (χ1n) is 9.12. The van der Waals surface area contributed by atoms with Gasteiger partial charge in [-0.2, -0.15) is 0 Å². The van der Waals surface area contributed by atoms with Gasteiger partial charge in [0.15, 0.2) is 0 Å². The third kappa shape index (κ3) is 6.20. The molecule has 0 radical (unpaired) electrons. The Kier molecular flexibility index (Phi) is 7.75. The van der Waals surface area contributed by atoms with Crippen molar-refractivity contribution in [3.63, 3.8) is 0 Å². The molecule has 1 unspecified atom stereocenters. The maximum atomic E-state index is 9.88. The van der Waals surface area contributed by atoms with Crippen LogP contribution in [0.25, 0.3) is 11.3 Å². The van der Waals surface area contributed by atoms with Gasteiger partial charge in [0.1, 0.15) is 18.5 Å². The van der Waals surface area contributed by atoms with Gasteiger partial charge < -0.3 is 20.1 Å². The maximum Gasteiger partial charge on any atom is 0.227 e. The van der Waals surface area contributed by atoms with E-state index in [0.717, 1.165) is 11.3 Å². The SMILES string of the molecule is CN(C)CC(O)COc1ccc(Nc2ncc(Cl)c(-c3ccc(Cl)c(Cl)c3)n2)cc1. The first-order valence-corrected chi connectivity index (χ1v) is 10.3. The quantitative estimate of drug-likeness (QED) is 0.477. The molecule has 3 rings (SSSR count). The Labute approximate surface area is 190 Å². The zero-order valence-electron chi connectivity index (χ0n) is 16.4. The zero-order chi connectivity index (χ0) is 21.7. The molecule has 9 heteroatoms. The first-order chi connectivity index (χ1) is 14.3. The van der Waals surface area contributed by atoms with Crippen molar-refractivity contribution in [3.05, 3.63) is 63.7 Å². The number of aliphatic hydroxyl groups is 1. The minimum Gasteiger partial charge on any atom is -0.491 e. The lowest BCUT2D eigenvalue weighted by Crippen LogP contribution is -2.30. The van der Waals surface area contributed by atoms with Crippen LogP contribution in [-0.2, 0) is 0 Å². The molecule has 0 fully saturated rings. The van der Waals surface area contributed by atoms with Gasteiger partial charge in [0.05, 0.1) is 27.0 Å². The number of aromatic nitrogens is 2. The molecule has 30 heavy (non-hydrogen) atoms. The van der Waals surface area contributed by atoms with Gasteiger partial charge in [0, 0.05) is 17.8 Å². The number of benzene rings is 2. The molecule has 0 spiro atoms. The number of anilines is 2. The molecule has 0 saturated carbocycles. The highest BCUT2D eigenvalue weighted by Gasteiger charge is 2.11. The number of hydrogen-bond acceptors (Lipinski definition) is 6. The lowest BCUT2D eigenvalue weighted by Gasteiger charge is -2.16. The third-order valence-electron chi connectivity index (χ3n) is 4.07. The monoisotopic (exact) mass is 466 g/mol. The minimum atomic E-state index is -0.555. The molecule has 0 aliphatic rings. The summed E-state index contributed by atoms with van der Waals surface area (Å²) in [6.07, 6.45) is 0.971. The molecule has 3 aromatic rings. The van der Waals surface area contributed by atoms with Crippen molar-refractivity contribution in [2.75, 3.05) is 32.6 Å². The zero-order valence-corrected chi connectivity index (χ0v) is 18.7. The number of halogens is 3. The van der Waals surface area contributed by atoms with E-state index in [4.69, 9.17) is 39.5 Å². The van der Waals surface area contributed by atoms with E-state index < -0.39 is 6.10 Å². The number of ether oxygens (including phenoxy) is 1. The molecule has 1 aromatic heterocycles. The average molecular weight is 468 g/mol. The van der Waals surface area contributed by atoms with Crippen molar-refractivity contribution in [3.8, 4) is 17.0 Å². The molecule has 2 N–H and O–H groups in total. The molecule has 2 aromatic carbocycles. The number of hydrogen-bond donors (Lipinski definition) is 2. The maximum absolute atomic E-state index is 9.88. The predicted molar refractivity (Wildman–Crippen MR) is 122 cm³/mol. The Morgan fingerprint density at radius 1 is 1.03 bits per heavy atom. The highest BCUT2D eigenvalue weighted by atomic mass is 35.5. The van der Waals surface area contributed by atoms with Gasteiger partial charge in [-0.3, -0.25) is 0 Å². The van der Waals surface area contributed by atoms with Gasteiger partial charge in [-0.15, -0.1) is 0 Å². The van der Waals surface area contributed by atoms with E-state index in [-0.39, 0.29) is 6.61 Å². The molecule has 158 valence electrons. The van der Waals surface area contributed by atoms with Gasteiger partial charge >= 0.3 is 0 Å². The summed E-state index contributed by atoms with van der Waals surface area (Å²) < 4.78 is 5.61. The highest BCUT2D eigenvalue weighted by molar-refractivity contribution is 6.42. The second kappa shape index (κ2) is 10.3. The van der Waals surface area contributed by atoms with Crippen LogP contribution in [0.3, 0.4) is 0 Å². The summed E-state index contributed by atoms with van der Waals surface area (Å²) in [5.41, 5.74) is 2.06. The summed E-state index contributed by atoms with van der Waals surface area (Å²) in [5.74, 6) is 1.04. The third-order valence-corrected chi connectivity index (χ3v) is 5.08. The van der Waals surface area contributed by atoms with E-state index in [1.165, 1.54) is 6.20 Å². The van der Waals surface area contributed by atoms with Crippen LogP contribution in [0, 0.1) is 0 Å². The predicted octanol–water partition coefficient (Wildman–Crippen LogP) is 5.15. The van der Waals surface area contributed by atoms with Crippen LogP contribution in [0.5, 0.6) is 5.75 Å². The standard InChI is InChI=1S/C21H21Cl3N4O2/c1-28(2)11-15(29)12-30-16-6-4-14(5-7-16)26-21-25-10-19(24)20(27-21)13-3-8-17(22)18(23)9-13/h3-10,15,29H,11-12H2,1-2H3,(H,25,26,27). The van der Waals surface area contributed by atoms with Crippen molar-refractivity contribution < 1.29 is 9.84 Å². The number of aliphatic hydroxyl groups excluding tert-OH is 1. The average Bonchev–Trinajstić information content (AvgIpc) is 2.70.